The van der Waals surface area contributed by atoms with Gasteiger partial charge in [-0.1, -0.05) is 12.5 Å². The Morgan fingerprint density at radius 1 is 1.11 bits per heavy atom. The molecule has 1 aliphatic rings. The van der Waals surface area contributed by atoms with Crippen molar-refractivity contribution in [1.29, 1.82) is 0 Å². The number of aromatic nitrogens is 3. The van der Waals surface area contributed by atoms with E-state index in [-0.39, 0.29) is 0 Å². The average molecular weight is 254 g/mol. The van der Waals surface area contributed by atoms with E-state index in [1.54, 1.807) is 6.33 Å². The van der Waals surface area contributed by atoms with Gasteiger partial charge in [-0.05, 0) is 37.6 Å². The van der Waals surface area contributed by atoms with Crippen LogP contribution in [0.15, 0.2) is 43.0 Å². The summed E-state index contributed by atoms with van der Waals surface area (Å²) >= 11 is 0. The Morgan fingerprint density at radius 3 is 2.89 bits per heavy atom. The summed E-state index contributed by atoms with van der Waals surface area (Å²) in [5, 5.41) is 0. The van der Waals surface area contributed by atoms with Gasteiger partial charge in [0.1, 0.15) is 6.33 Å². The van der Waals surface area contributed by atoms with Gasteiger partial charge in [-0.3, -0.25) is 9.88 Å². The van der Waals surface area contributed by atoms with Gasteiger partial charge in [0.15, 0.2) is 0 Å². The molecular weight excluding hydrogens is 236 g/mol. The monoisotopic (exact) mass is 254 g/mol. The summed E-state index contributed by atoms with van der Waals surface area (Å²) < 4.78 is 0. The first kappa shape index (κ1) is 12.2. The molecule has 0 bridgehead atoms. The first-order chi connectivity index (χ1) is 9.43. The van der Waals surface area contributed by atoms with Crippen molar-refractivity contribution in [3.05, 3.63) is 54.4 Å². The minimum atomic E-state index is 0.402. The smallest absolute Gasteiger partial charge is 0.115 e. The molecular formula is C15H18N4. The van der Waals surface area contributed by atoms with E-state index in [9.17, 15) is 0 Å². The van der Waals surface area contributed by atoms with Gasteiger partial charge < -0.3 is 0 Å². The first-order valence-corrected chi connectivity index (χ1v) is 6.83. The van der Waals surface area contributed by atoms with E-state index in [2.05, 4.69) is 25.9 Å². The summed E-state index contributed by atoms with van der Waals surface area (Å²) in [7, 11) is 0. The molecule has 4 heteroatoms. The van der Waals surface area contributed by atoms with Crippen molar-refractivity contribution in [2.45, 2.75) is 31.8 Å². The van der Waals surface area contributed by atoms with Crippen molar-refractivity contribution >= 4 is 0 Å². The topological polar surface area (TPSA) is 41.9 Å². The van der Waals surface area contributed by atoms with Crippen molar-refractivity contribution in [2.24, 2.45) is 0 Å². The lowest BCUT2D eigenvalue weighted by atomic mass is 9.99. The van der Waals surface area contributed by atoms with Crippen LogP contribution in [0.2, 0.25) is 0 Å². The summed E-state index contributed by atoms with van der Waals surface area (Å²) in [4.78, 5) is 15.3. The van der Waals surface area contributed by atoms with Crippen molar-refractivity contribution in [3.8, 4) is 0 Å². The van der Waals surface area contributed by atoms with Crippen molar-refractivity contribution in [1.82, 2.24) is 19.9 Å². The minimum absolute atomic E-state index is 0.402. The van der Waals surface area contributed by atoms with E-state index in [0.29, 0.717) is 6.04 Å². The zero-order valence-corrected chi connectivity index (χ0v) is 10.9. The van der Waals surface area contributed by atoms with E-state index in [4.69, 9.17) is 0 Å². The van der Waals surface area contributed by atoms with Gasteiger partial charge in [-0.25, -0.2) is 9.97 Å². The second-order valence-corrected chi connectivity index (χ2v) is 4.94. The second-order valence-electron chi connectivity index (χ2n) is 4.94. The Balaban J connectivity index is 1.78. The minimum Gasteiger partial charge on any atom is -0.289 e. The lowest BCUT2D eigenvalue weighted by Gasteiger charge is -2.34. The van der Waals surface area contributed by atoms with Crippen LogP contribution in [-0.2, 0) is 6.54 Å². The highest BCUT2D eigenvalue weighted by molar-refractivity contribution is 5.09. The number of hydrogen-bond acceptors (Lipinski definition) is 4. The number of rotatable bonds is 3. The second kappa shape index (κ2) is 5.89. The summed E-state index contributed by atoms with van der Waals surface area (Å²) in [6.07, 6.45) is 9.03. The molecule has 19 heavy (non-hydrogen) atoms. The zero-order chi connectivity index (χ0) is 12.9. The van der Waals surface area contributed by atoms with Crippen LogP contribution in [0.1, 0.15) is 36.7 Å². The van der Waals surface area contributed by atoms with E-state index >= 15 is 0 Å². The molecule has 4 nitrogen and oxygen atoms in total. The molecule has 2 aromatic rings. The third kappa shape index (κ3) is 2.96. The van der Waals surface area contributed by atoms with Crippen LogP contribution in [0, 0.1) is 0 Å². The van der Waals surface area contributed by atoms with Gasteiger partial charge in [-0.2, -0.15) is 0 Å². The lowest BCUT2D eigenvalue weighted by Crippen LogP contribution is -2.33. The highest BCUT2D eigenvalue weighted by Crippen LogP contribution is 2.30. The summed E-state index contributed by atoms with van der Waals surface area (Å²) in [6, 6.07) is 8.53. The predicted molar refractivity (Wildman–Crippen MR) is 73.3 cm³/mol. The largest absolute Gasteiger partial charge is 0.289 e. The molecule has 0 radical (unpaired) electrons. The highest BCUT2D eigenvalue weighted by Gasteiger charge is 2.25. The number of hydrogen-bond donors (Lipinski definition) is 0. The van der Waals surface area contributed by atoms with E-state index in [1.165, 1.54) is 19.3 Å². The molecule has 0 spiro atoms. The van der Waals surface area contributed by atoms with Gasteiger partial charge in [0, 0.05) is 18.9 Å². The fourth-order valence-electron chi connectivity index (χ4n) is 2.71. The maximum atomic E-state index is 4.43. The van der Waals surface area contributed by atoms with Crippen LogP contribution < -0.4 is 0 Å². The Kier molecular flexibility index (Phi) is 3.79. The Labute approximate surface area is 113 Å². The van der Waals surface area contributed by atoms with Crippen molar-refractivity contribution in [3.63, 3.8) is 0 Å². The molecule has 1 atom stereocenters. The highest BCUT2D eigenvalue weighted by atomic mass is 15.2. The van der Waals surface area contributed by atoms with Crippen LogP contribution >= 0.6 is 0 Å². The molecule has 1 saturated heterocycles. The normalized spacial score (nSPS) is 20.3. The summed E-state index contributed by atoms with van der Waals surface area (Å²) in [5.41, 5.74) is 2.26. The molecule has 98 valence electrons. The molecule has 3 rings (SSSR count). The van der Waals surface area contributed by atoms with Gasteiger partial charge in [0.25, 0.3) is 0 Å². The average Bonchev–Trinajstić information content (AvgIpc) is 2.50. The molecule has 1 fully saturated rings. The standard InChI is InChI=1S/C15H18N4/c1-3-8-17-13(5-1)11-19-10-4-2-6-15(19)14-7-9-16-12-18-14/h1,3,5,7-9,12,15H,2,4,6,10-11H2/t15-/m1/s1. The van der Waals surface area contributed by atoms with Crippen LogP contribution in [0.5, 0.6) is 0 Å². The fourth-order valence-corrected chi connectivity index (χ4v) is 2.71. The maximum Gasteiger partial charge on any atom is 0.115 e. The Morgan fingerprint density at radius 2 is 2.11 bits per heavy atom. The van der Waals surface area contributed by atoms with Gasteiger partial charge >= 0.3 is 0 Å². The molecule has 0 amide bonds. The molecule has 3 heterocycles. The molecule has 0 N–H and O–H groups in total. The van der Waals surface area contributed by atoms with Crippen molar-refractivity contribution < 1.29 is 0 Å². The fraction of sp³-hybridized carbons (Fsp3) is 0.400. The van der Waals surface area contributed by atoms with Crippen LogP contribution in [0.3, 0.4) is 0 Å². The molecule has 0 aliphatic carbocycles. The zero-order valence-electron chi connectivity index (χ0n) is 10.9. The Bertz CT molecular complexity index is 500. The van der Waals surface area contributed by atoms with Gasteiger partial charge in [-0.15, -0.1) is 0 Å². The van der Waals surface area contributed by atoms with Crippen LogP contribution in [-0.4, -0.2) is 26.4 Å². The van der Waals surface area contributed by atoms with Crippen LogP contribution in [0.4, 0.5) is 0 Å². The molecule has 2 aromatic heterocycles. The lowest BCUT2D eigenvalue weighted by molar-refractivity contribution is 0.135. The SMILES string of the molecule is c1ccc(CN2CCCC[C@@H]2c2ccncn2)nc1. The molecule has 0 unspecified atom stereocenters. The van der Waals surface area contributed by atoms with Crippen LogP contribution in [0.25, 0.3) is 0 Å². The first-order valence-electron chi connectivity index (χ1n) is 6.83. The molecule has 1 aliphatic heterocycles. The number of likely N-dealkylation sites (tertiary alicyclic amines) is 1. The predicted octanol–water partition coefficient (Wildman–Crippen LogP) is 2.60. The van der Waals surface area contributed by atoms with Gasteiger partial charge in [0.05, 0.1) is 17.4 Å². The van der Waals surface area contributed by atoms with Gasteiger partial charge in [0.2, 0.25) is 0 Å². The number of piperidine rings is 1. The quantitative estimate of drug-likeness (QED) is 0.844. The van der Waals surface area contributed by atoms with E-state index < -0.39 is 0 Å². The third-order valence-electron chi connectivity index (χ3n) is 3.65. The van der Waals surface area contributed by atoms with Crippen molar-refractivity contribution in [2.75, 3.05) is 6.54 Å². The van der Waals surface area contributed by atoms with E-state index in [0.717, 1.165) is 24.5 Å². The third-order valence-corrected chi connectivity index (χ3v) is 3.65. The molecule has 0 aromatic carbocycles. The summed E-state index contributed by atoms with van der Waals surface area (Å²) in [5.74, 6) is 0. The Hall–Kier alpha value is -1.81. The van der Waals surface area contributed by atoms with E-state index in [1.807, 2.05) is 30.6 Å². The molecule has 0 saturated carbocycles. The number of pyridine rings is 1. The summed E-state index contributed by atoms with van der Waals surface area (Å²) in [6.45, 7) is 2.01. The maximum absolute atomic E-state index is 4.43. The number of nitrogens with zero attached hydrogens (tertiary/aromatic N) is 4.